The highest BCUT2D eigenvalue weighted by atomic mass is 28.4. The first-order valence-corrected chi connectivity index (χ1v) is 15.0. The predicted molar refractivity (Wildman–Crippen MR) is 133 cm³/mol. The summed E-state index contributed by atoms with van der Waals surface area (Å²) in [6, 6.07) is 0.878. The Bertz CT molecular complexity index is 319. The minimum atomic E-state index is -2.37. The number of hydrogen-bond donors (Lipinski definition) is 1. The summed E-state index contributed by atoms with van der Waals surface area (Å²) in [6.45, 7) is 4.44. The molecule has 0 saturated heterocycles. The van der Waals surface area contributed by atoms with E-state index in [9.17, 15) is 0 Å². The van der Waals surface area contributed by atoms with Crippen LogP contribution < -0.4 is 5.32 Å². The number of hydrogen-bond acceptors (Lipinski definition) is 4. The molecule has 0 fully saturated rings. The van der Waals surface area contributed by atoms with Crippen molar-refractivity contribution in [3.05, 3.63) is 0 Å². The van der Waals surface area contributed by atoms with Gasteiger partial charge in [-0.15, -0.1) is 0 Å². The van der Waals surface area contributed by atoms with Gasteiger partial charge in [0, 0.05) is 27.4 Å². The predicted octanol–water partition coefficient (Wildman–Crippen LogP) is 7.50. The van der Waals surface area contributed by atoms with Crippen LogP contribution in [0.1, 0.15) is 122 Å². The van der Waals surface area contributed by atoms with Gasteiger partial charge in [-0.3, -0.25) is 0 Å². The van der Waals surface area contributed by atoms with E-state index in [1.54, 1.807) is 21.3 Å². The summed E-state index contributed by atoms with van der Waals surface area (Å²) in [7, 11) is 2.68. The van der Waals surface area contributed by atoms with E-state index in [0.717, 1.165) is 25.6 Å². The van der Waals surface area contributed by atoms with E-state index in [1.165, 1.54) is 109 Å². The van der Waals surface area contributed by atoms with Gasteiger partial charge in [-0.2, -0.15) is 0 Å². The fraction of sp³-hybridized carbons (Fsp3) is 1.00. The summed E-state index contributed by atoms with van der Waals surface area (Å²) in [4.78, 5) is 0. The van der Waals surface area contributed by atoms with Crippen LogP contribution in [0.2, 0.25) is 6.04 Å². The van der Waals surface area contributed by atoms with Crippen molar-refractivity contribution in [2.24, 2.45) is 0 Å². The zero-order valence-electron chi connectivity index (χ0n) is 21.1. The molecule has 0 atom stereocenters. The van der Waals surface area contributed by atoms with Gasteiger partial charge >= 0.3 is 8.80 Å². The fourth-order valence-corrected chi connectivity index (χ4v) is 5.81. The van der Waals surface area contributed by atoms with Gasteiger partial charge in [0.1, 0.15) is 0 Å². The van der Waals surface area contributed by atoms with Gasteiger partial charge in [0.15, 0.2) is 0 Å². The lowest BCUT2D eigenvalue weighted by atomic mass is 10.0. The van der Waals surface area contributed by atoms with Gasteiger partial charge in [-0.05, 0) is 25.9 Å². The van der Waals surface area contributed by atoms with Crippen molar-refractivity contribution < 1.29 is 13.3 Å². The molecular formula is C25H55NO3Si. The van der Waals surface area contributed by atoms with E-state index < -0.39 is 8.80 Å². The van der Waals surface area contributed by atoms with Crippen molar-refractivity contribution in [1.82, 2.24) is 5.32 Å². The molecule has 1 N–H and O–H groups in total. The SMILES string of the molecule is CCCCCCCCCCCCCCCCCCCNCCC[Si](OC)(OC)OC. The van der Waals surface area contributed by atoms with Gasteiger partial charge in [0.05, 0.1) is 0 Å². The molecule has 0 radical (unpaired) electrons. The maximum Gasteiger partial charge on any atom is 0.500 e. The molecule has 0 aromatic carbocycles. The molecule has 0 aliphatic carbocycles. The standard InChI is InChI=1S/C25H55NO3Si/c1-5-6-7-8-9-10-11-12-13-14-15-16-17-18-19-20-21-23-26-24-22-25-30(27-2,28-3)29-4/h26H,5-25H2,1-4H3. The maximum absolute atomic E-state index is 5.45. The molecule has 182 valence electrons. The van der Waals surface area contributed by atoms with Crippen molar-refractivity contribution >= 4 is 8.80 Å². The highest BCUT2D eigenvalue weighted by Gasteiger charge is 2.36. The van der Waals surface area contributed by atoms with Crippen LogP contribution in [0.15, 0.2) is 0 Å². The van der Waals surface area contributed by atoms with Crippen molar-refractivity contribution in [3.8, 4) is 0 Å². The van der Waals surface area contributed by atoms with E-state index in [-0.39, 0.29) is 0 Å². The molecule has 0 aliphatic rings. The first kappa shape index (κ1) is 30.1. The molecular weight excluding hydrogens is 390 g/mol. The van der Waals surface area contributed by atoms with Crippen LogP contribution in [-0.4, -0.2) is 43.2 Å². The average Bonchev–Trinajstić information content (AvgIpc) is 2.78. The molecule has 0 bridgehead atoms. The maximum atomic E-state index is 5.45. The second-order valence-electron chi connectivity index (χ2n) is 8.81. The normalized spacial score (nSPS) is 12.0. The lowest BCUT2D eigenvalue weighted by Crippen LogP contribution is -2.43. The van der Waals surface area contributed by atoms with Gasteiger partial charge < -0.3 is 18.6 Å². The summed E-state index contributed by atoms with van der Waals surface area (Å²) in [5.74, 6) is 0. The molecule has 0 spiro atoms. The zero-order chi connectivity index (χ0) is 22.2. The van der Waals surface area contributed by atoms with Crippen LogP contribution in [0.4, 0.5) is 0 Å². The Morgan fingerprint density at radius 3 is 1.17 bits per heavy atom. The lowest BCUT2D eigenvalue weighted by molar-refractivity contribution is 0.123. The van der Waals surface area contributed by atoms with Gasteiger partial charge in [-0.25, -0.2) is 0 Å². The summed E-state index contributed by atoms with van der Waals surface area (Å²) < 4.78 is 16.3. The van der Waals surface area contributed by atoms with Crippen molar-refractivity contribution in [3.63, 3.8) is 0 Å². The molecule has 4 nitrogen and oxygen atoms in total. The first-order valence-electron chi connectivity index (χ1n) is 13.1. The minimum absolute atomic E-state index is 0.878. The Labute approximate surface area is 190 Å². The van der Waals surface area contributed by atoms with Crippen LogP contribution in [0.3, 0.4) is 0 Å². The van der Waals surface area contributed by atoms with E-state index in [4.69, 9.17) is 13.3 Å². The number of unbranched alkanes of at least 4 members (excludes halogenated alkanes) is 16. The Kier molecular flexibility index (Phi) is 23.8. The largest absolute Gasteiger partial charge is 0.500 e. The summed E-state index contributed by atoms with van der Waals surface area (Å²) in [5.41, 5.74) is 0. The molecule has 0 saturated carbocycles. The summed E-state index contributed by atoms with van der Waals surface area (Å²) in [5, 5.41) is 3.54. The lowest BCUT2D eigenvalue weighted by Gasteiger charge is -2.24. The Balaban J connectivity index is 3.16. The molecule has 0 amide bonds. The Morgan fingerprint density at radius 2 is 0.800 bits per heavy atom. The van der Waals surface area contributed by atoms with Crippen LogP contribution in [0, 0.1) is 0 Å². The molecule has 0 rings (SSSR count). The van der Waals surface area contributed by atoms with Crippen LogP contribution in [-0.2, 0) is 13.3 Å². The minimum Gasteiger partial charge on any atom is -0.377 e. The van der Waals surface area contributed by atoms with Crippen LogP contribution >= 0.6 is 0 Å². The molecule has 0 heterocycles. The molecule has 30 heavy (non-hydrogen) atoms. The van der Waals surface area contributed by atoms with Gasteiger partial charge in [0.2, 0.25) is 0 Å². The number of rotatable bonds is 25. The zero-order valence-corrected chi connectivity index (χ0v) is 22.1. The second kappa shape index (κ2) is 23.7. The fourth-order valence-electron chi connectivity index (χ4n) is 4.09. The van der Waals surface area contributed by atoms with Gasteiger partial charge in [0.25, 0.3) is 0 Å². The van der Waals surface area contributed by atoms with Crippen LogP contribution in [0.25, 0.3) is 0 Å². The van der Waals surface area contributed by atoms with Crippen molar-refractivity contribution in [2.75, 3.05) is 34.4 Å². The third kappa shape index (κ3) is 18.8. The van der Waals surface area contributed by atoms with E-state index in [2.05, 4.69) is 12.2 Å². The van der Waals surface area contributed by atoms with Crippen molar-refractivity contribution in [1.29, 1.82) is 0 Å². The van der Waals surface area contributed by atoms with E-state index in [1.807, 2.05) is 0 Å². The first-order chi connectivity index (χ1) is 14.7. The Morgan fingerprint density at radius 1 is 0.467 bits per heavy atom. The molecule has 0 aromatic rings. The number of nitrogens with one attached hydrogen (secondary N) is 1. The average molecular weight is 446 g/mol. The summed E-state index contributed by atoms with van der Waals surface area (Å²) >= 11 is 0. The molecule has 5 heteroatoms. The second-order valence-corrected chi connectivity index (χ2v) is 11.9. The van der Waals surface area contributed by atoms with Gasteiger partial charge in [-0.1, -0.05) is 110 Å². The van der Waals surface area contributed by atoms with Crippen LogP contribution in [0.5, 0.6) is 0 Å². The molecule has 0 unspecified atom stereocenters. The highest BCUT2D eigenvalue weighted by molar-refractivity contribution is 6.60. The molecule has 0 aromatic heterocycles. The third-order valence-corrected chi connectivity index (χ3v) is 9.06. The van der Waals surface area contributed by atoms with Crippen molar-refractivity contribution in [2.45, 2.75) is 129 Å². The van der Waals surface area contributed by atoms with E-state index >= 15 is 0 Å². The summed E-state index contributed by atoms with van der Waals surface area (Å²) in [6.07, 6.45) is 25.3. The Hall–Kier alpha value is 0.0569. The smallest absolute Gasteiger partial charge is 0.377 e. The third-order valence-electron chi connectivity index (χ3n) is 6.23. The monoisotopic (exact) mass is 445 g/mol. The molecule has 0 aliphatic heterocycles. The topological polar surface area (TPSA) is 39.7 Å². The quantitative estimate of drug-likeness (QED) is 0.117. The van der Waals surface area contributed by atoms with E-state index in [0.29, 0.717) is 0 Å². The highest BCUT2D eigenvalue weighted by Crippen LogP contribution is 2.15.